The second kappa shape index (κ2) is 8.11. The molecule has 0 aliphatic carbocycles. The molecule has 0 aromatic carbocycles. The summed E-state index contributed by atoms with van der Waals surface area (Å²) in [6.07, 6.45) is 2.31. The summed E-state index contributed by atoms with van der Waals surface area (Å²) in [6, 6.07) is 3.52. The van der Waals surface area contributed by atoms with Crippen molar-refractivity contribution in [1.82, 2.24) is 21.1 Å². The normalized spacial score (nSPS) is 19.2. The third-order valence-corrected chi connectivity index (χ3v) is 4.39. The minimum Gasteiger partial charge on any atom is -0.319 e. The third-order valence-electron chi connectivity index (χ3n) is 3.52. The smallest absolute Gasteiger partial charge is 0.279 e. The van der Waals surface area contributed by atoms with Crippen LogP contribution in [-0.4, -0.2) is 49.9 Å². The van der Waals surface area contributed by atoms with E-state index in [0.29, 0.717) is 17.3 Å². The molecule has 3 N–H and O–H groups in total. The van der Waals surface area contributed by atoms with Gasteiger partial charge in [-0.1, -0.05) is 6.07 Å². The van der Waals surface area contributed by atoms with Crippen LogP contribution in [0.3, 0.4) is 0 Å². The molecule has 0 spiro atoms. The minimum atomic E-state index is -0.273. The molecule has 21 heavy (non-hydrogen) atoms. The zero-order valence-electron chi connectivity index (χ0n) is 12.2. The quantitative estimate of drug-likeness (QED) is 0.690. The van der Waals surface area contributed by atoms with Crippen LogP contribution in [0, 0.1) is 5.92 Å². The Morgan fingerprint density at radius 1 is 1.43 bits per heavy atom. The van der Waals surface area contributed by atoms with Gasteiger partial charge in [-0.05, 0) is 50.3 Å². The van der Waals surface area contributed by atoms with Crippen molar-refractivity contribution in [2.75, 3.05) is 33.2 Å². The maximum Gasteiger partial charge on any atom is 0.279 e. The maximum absolute atomic E-state index is 11.9. The highest BCUT2D eigenvalue weighted by Gasteiger charge is 2.21. The predicted molar refractivity (Wildman–Crippen MR) is 83.0 cm³/mol. The number of carbonyl (C=O) groups is 2. The average molecular weight is 310 g/mol. The van der Waals surface area contributed by atoms with Gasteiger partial charge in [0, 0.05) is 6.54 Å². The van der Waals surface area contributed by atoms with E-state index in [4.69, 9.17) is 0 Å². The Hall–Kier alpha value is -1.44. The van der Waals surface area contributed by atoms with Gasteiger partial charge in [0.15, 0.2) is 0 Å². The van der Waals surface area contributed by atoms with Gasteiger partial charge in [0.1, 0.15) is 0 Å². The maximum atomic E-state index is 11.9. The lowest BCUT2D eigenvalue weighted by molar-refractivity contribution is -0.123. The Kier molecular flexibility index (Phi) is 6.16. The zero-order valence-corrected chi connectivity index (χ0v) is 13.0. The molecular formula is C14H22N4O2S. The number of carbonyl (C=O) groups excluding carboxylic acids is 2. The second-order valence-electron chi connectivity index (χ2n) is 5.28. The molecule has 2 rings (SSSR count). The molecule has 1 aromatic rings. The molecule has 0 saturated carbocycles. The molecule has 1 fully saturated rings. The first-order valence-corrected chi connectivity index (χ1v) is 8.06. The largest absolute Gasteiger partial charge is 0.319 e. The first kappa shape index (κ1) is 15.9. The average Bonchev–Trinajstić information content (AvgIpc) is 3.00. The summed E-state index contributed by atoms with van der Waals surface area (Å²) in [6.45, 7) is 3.16. The summed E-state index contributed by atoms with van der Waals surface area (Å²) in [5.41, 5.74) is 4.92. The number of piperidine rings is 1. The van der Waals surface area contributed by atoms with E-state index in [1.807, 2.05) is 12.4 Å². The standard InChI is InChI=1S/C14H22N4O2S/c1-15-8-11-4-2-6-18(9-11)10-13(19)16-17-14(20)12-5-3-7-21-12/h3,5,7,11,15H,2,4,6,8-10H2,1H3,(H,16,19)(H,17,20). The van der Waals surface area contributed by atoms with E-state index in [2.05, 4.69) is 21.1 Å². The Morgan fingerprint density at radius 3 is 3.00 bits per heavy atom. The van der Waals surface area contributed by atoms with Gasteiger partial charge in [0.25, 0.3) is 11.8 Å². The van der Waals surface area contributed by atoms with Crippen LogP contribution >= 0.6 is 11.3 Å². The SMILES string of the molecule is CNCC1CCCN(CC(=O)NNC(=O)c2cccs2)C1. The molecule has 1 aliphatic heterocycles. The molecule has 1 aliphatic rings. The lowest BCUT2D eigenvalue weighted by Gasteiger charge is -2.32. The first-order chi connectivity index (χ1) is 10.2. The molecule has 6 nitrogen and oxygen atoms in total. The summed E-state index contributed by atoms with van der Waals surface area (Å²) >= 11 is 1.34. The van der Waals surface area contributed by atoms with Crippen molar-refractivity contribution in [2.24, 2.45) is 5.92 Å². The highest BCUT2D eigenvalue weighted by Crippen LogP contribution is 2.15. The number of hydrogen-bond donors (Lipinski definition) is 3. The summed E-state index contributed by atoms with van der Waals surface area (Å²) in [7, 11) is 1.95. The molecule has 116 valence electrons. The van der Waals surface area contributed by atoms with Crippen LogP contribution in [0.1, 0.15) is 22.5 Å². The van der Waals surface area contributed by atoms with Gasteiger partial charge in [-0.2, -0.15) is 0 Å². The number of nitrogens with one attached hydrogen (secondary N) is 3. The third kappa shape index (κ3) is 5.11. The van der Waals surface area contributed by atoms with Gasteiger partial charge in [-0.15, -0.1) is 11.3 Å². The molecule has 2 amide bonds. The number of nitrogens with zero attached hydrogens (tertiary/aromatic N) is 1. The fraction of sp³-hybridized carbons (Fsp3) is 0.571. The monoisotopic (exact) mass is 310 g/mol. The number of hydrazine groups is 1. The van der Waals surface area contributed by atoms with E-state index in [0.717, 1.165) is 26.1 Å². The van der Waals surface area contributed by atoms with Gasteiger partial charge in [-0.25, -0.2) is 0 Å². The van der Waals surface area contributed by atoms with Crippen molar-refractivity contribution >= 4 is 23.2 Å². The van der Waals surface area contributed by atoms with Crippen molar-refractivity contribution in [3.63, 3.8) is 0 Å². The van der Waals surface area contributed by atoms with Gasteiger partial charge < -0.3 is 5.32 Å². The van der Waals surface area contributed by atoms with Crippen LogP contribution in [0.15, 0.2) is 17.5 Å². The van der Waals surface area contributed by atoms with Crippen LogP contribution in [0.25, 0.3) is 0 Å². The Bertz CT molecular complexity index is 462. The number of rotatable bonds is 5. The molecule has 0 radical (unpaired) electrons. The summed E-state index contributed by atoms with van der Waals surface area (Å²) in [5, 5.41) is 5.01. The van der Waals surface area contributed by atoms with E-state index in [-0.39, 0.29) is 11.8 Å². The van der Waals surface area contributed by atoms with E-state index in [9.17, 15) is 9.59 Å². The zero-order chi connectivity index (χ0) is 15.1. The topological polar surface area (TPSA) is 73.5 Å². The molecule has 1 unspecified atom stereocenters. The molecule has 1 saturated heterocycles. The number of likely N-dealkylation sites (tertiary alicyclic amines) is 1. The fourth-order valence-corrected chi connectivity index (χ4v) is 3.21. The Morgan fingerprint density at radius 2 is 2.29 bits per heavy atom. The van der Waals surface area contributed by atoms with E-state index >= 15 is 0 Å². The number of amides is 2. The van der Waals surface area contributed by atoms with E-state index in [1.54, 1.807) is 12.1 Å². The molecule has 2 heterocycles. The molecule has 7 heteroatoms. The van der Waals surface area contributed by atoms with Crippen LogP contribution < -0.4 is 16.2 Å². The van der Waals surface area contributed by atoms with Gasteiger partial charge >= 0.3 is 0 Å². The van der Waals surface area contributed by atoms with Crippen LogP contribution in [-0.2, 0) is 4.79 Å². The highest BCUT2D eigenvalue weighted by molar-refractivity contribution is 7.12. The second-order valence-corrected chi connectivity index (χ2v) is 6.23. The number of hydrogen-bond acceptors (Lipinski definition) is 5. The summed E-state index contributed by atoms with van der Waals surface area (Å²) in [4.78, 5) is 26.3. The van der Waals surface area contributed by atoms with Crippen LogP contribution in [0.4, 0.5) is 0 Å². The predicted octanol–water partition coefficient (Wildman–Crippen LogP) is 0.441. The molecule has 1 aromatic heterocycles. The fourth-order valence-electron chi connectivity index (χ4n) is 2.59. The van der Waals surface area contributed by atoms with Crippen molar-refractivity contribution in [1.29, 1.82) is 0 Å². The van der Waals surface area contributed by atoms with Crippen LogP contribution in [0.5, 0.6) is 0 Å². The van der Waals surface area contributed by atoms with Crippen molar-refractivity contribution < 1.29 is 9.59 Å². The lowest BCUT2D eigenvalue weighted by Crippen LogP contribution is -2.48. The summed E-state index contributed by atoms with van der Waals surface area (Å²) in [5.74, 6) is 0.146. The lowest BCUT2D eigenvalue weighted by atomic mass is 9.98. The van der Waals surface area contributed by atoms with Gasteiger partial charge in [0.2, 0.25) is 0 Å². The number of thiophene rings is 1. The summed E-state index contributed by atoms with van der Waals surface area (Å²) < 4.78 is 0. The highest BCUT2D eigenvalue weighted by atomic mass is 32.1. The Labute approximate surface area is 128 Å². The van der Waals surface area contributed by atoms with Crippen LogP contribution in [0.2, 0.25) is 0 Å². The molecule has 1 atom stereocenters. The first-order valence-electron chi connectivity index (χ1n) is 7.18. The molecular weight excluding hydrogens is 288 g/mol. The minimum absolute atomic E-state index is 0.176. The van der Waals surface area contributed by atoms with E-state index in [1.165, 1.54) is 17.8 Å². The Balaban J connectivity index is 1.70. The van der Waals surface area contributed by atoms with Crippen molar-refractivity contribution in [3.8, 4) is 0 Å². The van der Waals surface area contributed by atoms with Gasteiger partial charge in [0.05, 0.1) is 11.4 Å². The van der Waals surface area contributed by atoms with Gasteiger partial charge in [-0.3, -0.25) is 25.3 Å². The van der Waals surface area contributed by atoms with Crippen molar-refractivity contribution in [3.05, 3.63) is 22.4 Å². The van der Waals surface area contributed by atoms with Crippen molar-refractivity contribution in [2.45, 2.75) is 12.8 Å². The van der Waals surface area contributed by atoms with E-state index < -0.39 is 0 Å². The molecule has 0 bridgehead atoms.